The molecule has 1 atom stereocenters. The fraction of sp³-hybridized carbons (Fsp3) is 0.263. The second-order valence-corrected chi connectivity index (χ2v) is 6.91. The molecule has 0 radical (unpaired) electrons. The average molecular weight is 366 g/mol. The molecular formula is C19H16ClN5O. The van der Waals surface area contributed by atoms with Crippen LogP contribution in [0, 0.1) is 11.3 Å². The molecule has 0 unspecified atom stereocenters. The Labute approximate surface area is 154 Å². The van der Waals surface area contributed by atoms with Gasteiger partial charge in [-0.15, -0.1) is 0 Å². The number of aromatic nitrogens is 3. The minimum Gasteiger partial charge on any atom is -0.347 e. The highest BCUT2D eigenvalue weighted by molar-refractivity contribution is 6.35. The zero-order valence-corrected chi connectivity index (χ0v) is 14.8. The first-order valence-electron chi connectivity index (χ1n) is 8.42. The molecule has 0 spiro atoms. The van der Waals surface area contributed by atoms with Crippen molar-refractivity contribution in [3.8, 4) is 6.07 Å². The van der Waals surface area contributed by atoms with E-state index in [1.165, 1.54) is 0 Å². The number of pyridine rings is 1. The lowest BCUT2D eigenvalue weighted by molar-refractivity contribution is 0.836. The van der Waals surface area contributed by atoms with E-state index in [1.807, 2.05) is 25.1 Å². The number of nitrogens with zero attached hydrogens (tertiary/aromatic N) is 3. The Balaban J connectivity index is 1.66. The van der Waals surface area contributed by atoms with E-state index in [2.05, 4.69) is 26.3 Å². The molecule has 130 valence electrons. The van der Waals surface area contributed by atoms with Crippen LogP contribution in [0.3, 0.4) is 0 Å². The van der Waals surface area contributed by atoms with Crippen LogP contribution in [0.5, 0.6) is 0 Å². The molecule has 1 fully saturated rings. The Hall–Kier alpha value is -2.91. The molecule has 2 heterocycles. The van der Waals surface area contributed by atoms with Crippen molar-refractivity contribution in [1.29, 1.82) is 5.26 Å². The Morgan fingerprint density at radius 2 is 2.23 bits per heavy atom. The van der Waals surface area contributed by atoms with Crippen LogP contribution in [0.2, 0.25) is 5.02 Å². The number of para-hydroxylation sites is 1. The van der Waals surface area contributed by atoms with Gasteiger partial charge < -0.3 is 10.3 Å². The summed E-state index contributed by atoms with van der Waals surface area (Å²) >= 11 is 6.14. The summed E-state index contributed by atoms with van der Waals surface area (Å²) in [6.45, 7) is 1.87. The number of halogens is 1. The number of hydrogen-bond donors (Lipinski definition) is 2. The van der Waals surface area contributed by atoms with Crippen molar-refractivity contribution < 1.29 is 0 Å². The van der Waals surface area contributed by atoms with Gasteiger partial charge in [0.15, 0.2) is 0 Å². The molecule has 3 aromatic rings. The first kappa shape index (κ1) is 16.6. The second-order valence-electron chi connectivity index (χ2n) is 6.50. The van der Waals surface area contributed by atoms with Crippen LogP contribution in [0.1, 0.15) is 48.5 Å². The molecule has 2 N–H and O–H groups in total. The highest BCUT2D eigenvalue weighted by Crippen LogP contribution is 2.40. The number of hydrogen-bond acceptors (Lipinski definition) is 5. The van der Waals surface area contributed by atoms with Gasteiger partial charge in [-0.2, -0.15) is 5.26 Å². The minimum absolute atomic E-state index is 0.207. The van der Waals surface area contributed by atoms with Gasteiger partial charge in [0.25, 0.3) is 5.56 Å². The standard InChI is InChI=1S/C19H16ClN5O/c1-10(14-7-12-3-2-4-15(20)17(12)24-18(14)26)23-19-22-9-13(8-21)16(25-19)11-5-6-11/h2-4,7,9-11H,5-6H2,1H3,(H,24,26)(H,22,23,25)/t10-/m0/s1. The maximum atomic E-state index is 12.5. The topological polar surface area (TPSA) is 94.5 Å². The third kappa shape index (κ3) is 3.02. The lowest BCUT2D eigenvalue weighted by Crippen LogP contribution is -2.20. The van der Waals surface area contributed by atoms with Crippen LogP contribution in [-0.4, -0.2) is 15.0 Å². The predicted octanol–water partition coefficient (Wildman–Crippen LogP) is 3.89. The summed E-state index contributed by atoms with van der Waals surface area (Å²) < 4.78 is 0. The molecule has 2 aromatic heterocycles. The van der Waals surface area contributed by atoms with Gasteiger partial charge in [-0.3, -0.25) is 4.79 Å². The van der Waals surface area contributed by atoms with Crippen LogP contribution >= 0.6 is 11.6 Å². The fourth-order valence-electron chi connectivity index (χ4n) is 3.02. The van der Waals surface area contributed by atoms with Gasteiger partial charge >= 0.3 is 0 Å². The molecule has 0 aliphatic heterocycles. The van der Waals surface area contributed by atoms with Crippen LogP contribution in [-0.2, 0) is 0 Å². The van der Waals surface area contributed by atoms with Crippen LogP contribution < -0.4 is 10.9 Å². The van der Waals surface area contributed by atoms with Crippen molar-refractivity contribution in [2.24, 2.45) is 0 Å². The van der Waals surface area contributed by atoms with E-state index in [9.17, 15) is 10.1 Å². The largest absolute Gasteiger partial charge is 0.347 e. The average Bonchev–Trinajstić information content (AvgIpc) is 3.47. The van der Waals surface area contributed by atoms with E-state index in [0.29, 0.717) is 33.5 Å². The number of anilines is 1. The number of nitriles is 1. The summed E-state index contributed by atoms with van der Waals surface area (Å²) in [6, 6.07) is 9.15. The molecule has 0 amide bonds. The van der Waals surface area contributed by atoms with Crippen molar-refractivity contribution in [1.82, 2.24) is 15.0 Å². The number of nitrogens with one attached hydrogen (secondary N) is 2. The predicted molar refractivity (Wildman–Crippen MR) is 100 cm³/mol. The molecule has 1 aromatic carbocycles. The Morgan fingerprint density at radius 3 is 2.96 bits per heavy atom. The maximum Gasteiger partial charge on any atom is 0.253 e. The number of fused-ring (bicyclic) bond motifs is 1. The third-order valence-corrected chi connectivity index (χ3v) is 4.89. The van der Waals surface area contributed by atoms with Crippen LogP contribution in [0.4, 0.5) is 5.95 Å². The first-order chi connectivity index (χ1) is 12.6. The number of rotatable bonds is 4. The van der Waals surface area contributed by atoms with E-state index in [-0.39, 0.29) is 11.6 Å². The van der Waals surface area contributed by atoms with E-state index in [1.54, 1.807) is 12.3 Å². The van der Waals surface area contributed by atoms with Gasteiger partial charge in [-0.25, -0.2) is 9.97 Å². The van der Waals surface area contributed by atoms with Crippen molar-refractivity contribution in [2.45, 2.75) is 31.7 Å². The lowest BCUT2D eigenvalue weighted by atomic mass is 10.1. The Kier molecular flexibility index (Phi) is 4.09. The monoisotopic (exact) mass is 365 g/mol. The molecule has 1 aliphatic rings. The summed E-state index contributed by atoms with van der Waals surface area (Å²) in [7, 11) is 0. The number of benzene rings is 1. The molecule has 1 aliphatic carbocycles. The second kappa shape index (κ2) is 6.43. The number of aromatic amines is 1. The molecular weight excluding hydrogens is 350 g/mol. The summed E-state index contributed by atoms with van der Waals surface area (Å²) in [5, 5.41) is 13.7. The molecule has 0 saturated heterocycles. The van der Waals surface area contributed by atoms with Crippen molar-refractivity contribution in [3.05, 3.63) is 62.7 Å². The van der Waals surface area contributed by atoms with E-state index >= 15 is 0 Å². The zero-order chi connectivity index (χ0) is 18.3. The van der Waals surface area contributed by atoms with Gasteiger partial charge in [0.05, 0.1) is 34.0 Å². The van der Waals surface area contributed by atoms with E-state index in [0.717, 1.165) is 23.9 Å². The van der Waals surface area contributed by atoms with Crippen molar-refractivity contribution in [3.63, 3.8) is 0 Å². The van der Waals surface area contributed by atoms with Gasteiger partial charge in [-0.05, 0) is 31.9 Å². The molecule has 7 heteroatoms. The molecule has 4 rings (SSSR count). The lowest BCUT2D eigenvalue weighted by Gasteiger charge is -2.15. The molecule has 26 heavy (non-hydrogen) atoms. The molecule has 0 bridgehead atoms. The first-order valence-corrected chi connectivity index (χ1v) is 8.79. The molecule has 6 nitrogen and oxygen atoms in total. The Morgan fingerprint density at radius 1 is 1.42 bits per heavy atom. The van der Waals surface area contributed by atoms with Crippen molar-refractivity contribution >= 4 is 28.5 Å². The van der Waals surface area contributed by atoms with Crippen LogP contribution in [0.25, 0.3) is 10.9 Å². The summed E-state index contributed by atoms with van der Waals surface area (Å²) in [6.07, 6.45) is 3.64. The summed E-state index contributed by atoms with van der Waals surface area (Å²) in [5.74, 6) is 0.763. The Bertz CT molecular complexity index is 1100. The smallest absolute Gasteiger partial charge is 0.253 e. The van der Waals surface area contributed by atoms with E-state index < -0.39 is 0 Å². The highest BCUT2D eigenvalue weighted by atomic mass is 35.5. The highest BCUT2D eigenvalue weighted by Gasteiger charge is 2.28. The van der Waals surface area contributed by atoms with Gasteiger partial charge in [-0.1, -0.05) is 23.7 Å². The summed E-state index contributed by atoms with van der Waals surface area (Å²) in [4.78, 5) is 24.0. The van der Waals surface area contributed by atoms with Gasteiger partial charge in [0.2, 0.25) is 5.95 Å². The maximum absolute atomic E-state index is 12.5. The van der Waals surface area contributed by atoms with Gasteiger partial charge in [0, 0.05) is 16.9 Å². The third-order valence-electron chi connectivity index (χ3n) is 4.57. The molecule has 1 saturated carbocycles. The van der Waals surface area contributed by atoms with Crippen LogP contribution in [0.15, 0.2) is 35.3 Å². The zero-order valence-electron chi connectivity index (χ0n) is 14.1. The SMILES string of the molecule is C[C@H](Nc1ncc(C#N)c(C2CC2)n1)c1cc2cccc(Cl)c2[nH]c1=O. The van der Waals surface area contributed by atoms with E-state index in [4.69, 9.17) is 11.6 Å². The quantitative estimate of drug-likeness (QED) is 0.731. The summed E-state index contributed by atoms with van der Waals surface area (Å²) in [5.41, 5.74) is 2.29. The normalized spacial score (nSPS) is 14.8. The minimum atomic E-state index is -0.304. The van der Waals surface area contributed by atoms with Crippen molar-refractivity contribution in [2.75, 3.05) is 5.32 Å². The number of H-pyrrole nitrogens is 1. The van der Waals surface area contributed by atoms with Gasteiger partial charge in [0.1, 0.15) is 6.07 Å². The fourth-order valence-corrected chi connectivity index (χ4v) is 3.25.